The summed E-state index contributed by atoms with van der Waals surface area (Å²) in [6.45, 7) is 11.9. The number of nitrogens with zero attached hydrogens (tertiary/aromatic N) is 3. The van der Waals surface area contributed by atoms with Gasteiger partial charge in [0, 0.05) is 49.5 Å². The molecule has 10 nitrogen and oxygen atoms in total. The highest BCUT2D eigenvalue weighted by atomic mass is 35.5. The van der Waals surface area contributed by atoms with Crippen LogP contribution < -0.4 is 21.5 Å². The SMILES string of the molecule is C=C/C=N/N(C)C(=O)N(C)CCCC1CC(=O)c2c(Nc3c(N[C@@H](c4ccc(C)o4)C(C)(C)C)c(=O)c3=O)ccc(Cl)c2C1. The highest BCUT2D eigenvalue weighted by Gasteiger charge is 2.34. The van der Waals surface area contributed by atoms with Crippen molar-refractivity contribution in [2.75, 3.05) is 31.3 Å². The number of furan rings is 1. The second-order valence-electron chi connectivity index (χ2n) is 12.4. The minimum Gasteiger partial charge on any atom is -0.464 e. The van der Waals surface area contributed by atoms with Crippen LogP contribution >= 0.6 is 11.6 Å². The minimum atomic E-state index is -0.653. The summed E-state index contributed by atoms with van der Waals surface area (Å²) in [6.07, 6.45) is 5.26. The Morgan fingerprint density at radius 2 is 1.84 bits per heavy atom. The van der Waals surface area contributed by atoms with Crippen LogP contribution in [0.25, 0.3) is 0 Å². The van der Waals surface area contributed by atoms with Crippen molar-refractivity contribution in [2.45, 2.75) is 59.4 Å². The molecular formula is C33H40ClN5O5. The molecule has 2 amide bonds. The predicted molar refractivity (Wildman–Crippen MR) is 175 cm³/mol. The van der Waals surface area contributed by atoms with Gasteiger partial charge in [-0.15, -0.1) is 0 Å². The van der Waals surface area contributed by atoms with Gasteiger partial charge in [0.2, 0.25) is 0 Å². The van der Waals surface area contributed by atoms with Crippen LogP contribution in [0, 0.1) is 18.3 Å². The van der Waals surface area contributed by atoms with Crippen molar-refractivity contribution in [1.82, 2.24) is 9.91 Å². The Morgan fingerprint density at radius 3 is 2.48 bits per heavy atom. The zero-order chi connectivity index (χ0) is 32.3. The number of hydrogen-bond donors (Lipinski definition) is 2. The molecule has 0 aliphatic heterocycles. The lowest BCUT2D eigenvalue weighted by atomic mass is 9.80. The van der Waals surface area contributed by atoms with E-state index in [1.54, 1.807) is 31.1 Å². The standard InChI is InChI=1S/C33H40ClN5O5/c1-8-15-35-39(7)32(43)38(6)16-9-10-20-17-21-22(34)12-13-23(26(21)24(40)18-20)36-27-28(30(42)29(27)41)37-31(33(3,4)5)25-14-11-19(2)44-25/h8,11-15,20,31,36-37H,1,9-10,16-18H2,2-7H3/b35-15+/t20?,31-/m0/s1. The number of rotatable bonds is 11. The molecule has 2 N–H and O–H groups in total. The Bertz CT molecular complexity index is 1660. The molecule has 0 radical (unpaired) electrons. The van der Waals surface area contributed by atoms with Gasteiger partial charge in [-0.1, -0.05) is 39.0 Å². The molecule has 0 bridgehead atoms. The van der Waals surface area contributed by atoms with Crippen LogP contribution in [0.5, 0.6) is 0 Å². The molecule has 1 aromatic heterocycles. The summed E-state index contributed by atoms with van der Waals surface area (Å²) in [7, 11) is 3.29. The first kappa shape index (κ1) is 32.7. The molecule has 1 unspecified atom stereocenters. The average molecular weight is 622 g/mol. The first-order valence-corrected chi connectivity index (χ1v) is 15.0. The Kier molecular flexibility index (Phi) is 9.83. The van der Waals surface area contributed by atoms with E-state index in [9.17, 15) is 19.2 Å². The van der Waals surface area contributed by atoms with Crippen molar-refractivity contribution in [3.63, 3.8) is 0 Å². The number of allylic oxidation sites excluding steroid dienone is 1. The van der Waals surface area contributed by atoms with Crippen molar-refractivity contribution in [2.24, 2.45) is 16.4 Å². The monoisotopic (exact) mass is 621 g/mol. The first-order valence-electron chi connectivity index (χ1n) is 14.6. The first-order chi connectivity index (χ1) is 20.7. The molecule has 2 aromatic carbocycles. The second-order valence-corrected chi connectivity index (χ2v) is 12.8. The summed E-state index contributed by atoms with van der Waals surface area (Å²) in [5, 5.41) is 12.0. The van der Waals surface area contributed by atoms with Crippen LogP contribution in [0.1, 0.15) is 73.5 Å². The molecular weight excluding hydrogens is 582 g/mol. The van der Waals surface area contributed by atoms with Crippen molar-refractivity contribution >= 4 is 46.7 Å². The molecule has 4 rings (SSSR count). The molecule has 1 heterocycles. The summed E-state index contributed by atoms with van der Waals surface area (Å²) in [5.41, 5.74) is 0.251. The van der Waals surface area contributed by atoms with Gasteiger partial charge in [-0.25, -0.2) is 9.80 Å². The number of carbonyl (C=O) groups excluding carboxylic acids is 2. The summed E-state index contributed by atoms with van der Waals surface area (Å²) in [6, 6.07) is 6.46. The van der Waals surface area contributed by atoms with Crippen LogP contribution in [-0.2, 0) is 6.42 Å². The molecule has 0 fully saturated rings. The summed E-state index contributed by atoms with van der Waals surface area (Å²) in [5.74, 6) is 1.36. The molecule has 3 aromatic rings. The largest absolute Gasteiger partial charge is 0.464 e. The molecule has 0 spiro atoms. The number of amides is 2. The van der Waals surface area contributed by atoms with E-state index >= 15 is 0 Å². The highest BCUT2D eigenvalue weighted by Crippen LogP contribution is 2.40. The number of hydrazone groups is 1. The fourth-order valence-electron chi connectivity index (χ4n) is 5.58. The normalized spacial score (nSPS) is 15.7. The molecule has 2 atom stereocenters. The number of urea groups is 1. The van der Waals surface area contributed by atoms with Crippen LogP contribution in [0.4, 0.5) is 21.9 Å². The van der Waals surface area contributed by atoms with Gasteiger partial charge in [-0.2, -0.15) is 5.10 Å². The smallest absolute Gasteiger partial charge is 0.339 e. The van der Waals surface area contributed by atoms with Gasteiger partial charge < -0.3 is 20.0 Å². The number of Topliss-reactive ketones (excluding diaryl/α,β-unsaturated/α-hetero) is 1. The zero-order valence-corrected chi connectivity index (χ0v) is 26.9. The second kappa shape index (κ2) is 13.2. The Morgan fingerprint density at radius 1 is 1.14 bits per heavy atom. The van der Waals surface area contributed by atoms with Gasteiger partial charge >= 0.3 is 6.03 Å². The summed E-state index contributed by atoms with van der Waals surface area (Å²) in [4.78, 5) is 53.0. The van der Waals surface area contributed by atoms with Gasteiger partial charge in [-0.3, -0.25) is 14.4 Å². The summed E-state index contributed by atoms with van der Waals surface area (Å²) >= 11 is 6.59. The lowest BCUT2D eigenvalue weighted by Gasteiger charge is -2.32. The maximum atomic E-state index is 13.5. The Labute approximate surface area is 262 Å². The van der Waals surface area contributed by atoms with Crippen molar-refractivity contribution in [3.8, 4) is 0 Å². The van der Waals surface area contributed by atoms with Gasteiger partial charge in [0.1, 0.15) is 22.9 Å². The van der Waals surface area contributed by atoms with Crippen LogP contribution in [0.3, 0.4) is 0 Å². The van der Waals surface area contributed by atoms with Crippen molar-refractivity contribution in [3.05, 3.63) is 85.0 Å². The molecule has 0 saturated carbocycles. The van der Waals surface area contributed by atoms with E-state index in [2.05, 4.69) is 22.3 Å². The number of hydrogen-bond acceptors (Lipinski definition) is 8. The third-order valence-electron chi connectivity index (χ3n) is 7.93. The third kappa shape index (κ3) is 6.96. The van der Waals surface area contributed by atoms with E-state index in [0.717, 1.165) is 12.2 Å². The van der Waals surface area contributed by atoms with Gasteiger partial charge in [-0.05, 0) is 73.4 Å². The highest BCUT2D eigenvalue weighted by molar-refractivity contribution is 6.32. The van der Waals surface area contributed by atoms with E-state index in [-0.39, 0.29) is 40.6 Å². The van der Waals surface area contributed by atoms with Crippen molar-refractivity contribution < 1.29 is 14.0 Å². The summed E-state index contributed by atoms with van der Waals surface area (Å²) < 4.78 is 5.85. The molecule has 1 aliphatic carbocycles. The maximum Gasteiger partial charge on any atom is 0.339 e. The van der Waals surface area contributed by atoms with E-state index in [0.29, 0.717) is 53.4 Å². The van der Waals surface area contributed by atoms with Gasteiger partial charge in [0.15, 0.2) is 5.78 Å². The molecule has 11 heteroatoms. The van der Waals surface area contributed by atoms with Gasteiger partial charge in [0.05, 0.1) is 6.04 Å². The fraction of sp³-hybridized carbons (Fsp3) is 0.424. The molecule has 234 valence electrons. The number of benzene rings is 1. The molecule has 0 saturated heterocycles. The minimum absolute atomic E-state index is 0.0513. The van der Waals surface area contributed by atoms with Crippen molar-refractivity contribution in [1.29, 1.82) is 0 Å². The Balaban J connectivity index is 1.49. The number of nitrogens with one attached hydrogen (secondary N) is 2. The van der Waals surface area contributed by atoms with Crippen LogP contribution in [0.2, 0.25) is 5.02 Å². The topological polar surface area (TPSA) is 124 Å². The lowest BCUT2D eigenvalue weighted by molar-refractivity contribution is 0.0945. The number of fused-ring (bicyclic) bond motifs is 1. The number of anilines is 3. The fourth-order valence-corrected chi connectivity index (χ4v) is 5.82. The lowest BCUT2D eigenvalue weighted by Crippen LogP contribution is -2.39. The number of carbonyl (C=O) groups is 2. The van der Waals surface area contributed by atoms with E-state index < -0.39 is 10.9 Å². The third-order valence-corrected chi connectivity index (χ3v) is 8.28. The van der Waals surface area contributed by atoms with E-state index in [4.69, 9.17) is 16.0 Å². The van der Waals surface area contributed by atoms with E-state index in [1.807, 2.05) is 39.8 Å². The van der Waals surface area contributed by atoms with Crippen LogP contribution in [-0.4, -0.2) is 48.6 Å². The number of ketones is 1. The predicted octanol–water partition coefficient (Wildman–Crippen LogP) is 6.46. The van der Waals surface area contributed by atoms with Crippen LogP contribution in [0.15, 0.2) is 56.0 Å². The number of aryl methyl sites for hydroxylation is 1. The molecule has 1 aliphatic rings. The Hall–Kier alpha value is -4.18. The average Bonchev–Trinajstić information content (AvgIpc) is 3.40. The molecule has 44 heavy (non-hydrogen) atoms. The number of halogens is 1. The zero-order valence-electron chi connectivity index (χ0n) is 26.1. The van der Waals surface area contributed by atoms with E-state index in [1.165, 1.54) is 17.3 Å². The maximum absolute atomic E-state index is 13.5. The van der Waals surface area contributed by atoms with Gasteiger partial charge in [0.25, 0.3) is 10.9 Å². The quantitative estimate of drug-likeness (QED) is 0.143.